The van der Waals surface area contributed by atoms with Crippen molar-refractivity contribution < 1.29 is 19.1 Å². The second kappa shape index (κ2) is 10.7. The van der Waals surface area contributed by atoms with E-state index in [9.17, 15) is 9.59 Å². The molecule has 0 saturated heterocycles. The van der Waals surface area contributed by atoms with E-state index < -0.39 is 6.04 Å². The minimum atomic E-state index is -0.613. The number of rotatable bonds is 9. The summed E-state index contributed by atoms with van der Waals surface area (Å²) < 4.78 is 10.6. The Morgan fingerprint density at radius 2 is 1.73 bits per heavy atom. The van der Waals surface area contributed by atoms with Crippen molar-refractivity contribution >= 4 is 11.8 Å². The van der Waals surface area contributed by atoms with Crippen molar-refractivity contribution in [3.05, 3.63) is 59.2 Å². The average molecular weight is 413 g/mol. The van der Waals surface area contributed by atoms with E-state index in [1.807, 2.05) is 64.1 Å². The number of hydrogen-bond acceptors (Lipinski definition) is 4. The number of likely N-dealkylation sites (N-methyl/N-ethyl adjacent to an activating group) is 1. The van der Waals surface area contributed by atoms with Gasteiger partial charge in [0.05, 0.1) is 14.2 Å². The van der Waals surface area contributed by atoms with Gasteiger partial charge in [-0.05, 0) is 49.6 Å². The second-order valence-corrected chi connectivity index (χ2v) is 7.61. The molecule has 0 aromatic heterocycles. The van der Waals surface area contributed by atoms with Crippen molar-refractivity contribution in [2.24, 2.45) is 5.92 Å². The largest absolute Gasteiger partial charge is 0.493 e. The molecule has 0 saturated carbocycles. The third-order valence-corrected chi connectivity index (χ3v) is 5.01. The molecule has 2 amide bonds. The third kappa shape index (κ3) is 5.75. The highest BCUT2D eigenvalue weighted by Crippen LogP contribution is 2.28. The van der Waals surface area contributed by atoms with Crippen molar-refractivity contribution in [2.45, 2.75) is 40.3 Å². The van der Waals surface area contributed by atoms with Crippen molar-refractivity contribution in [1.29, 1.82) is 0 Å². The van der Waals surface area contributed by atoms with E-state index in [0.29, 0.717) is 30.2 Å². The number of aryl methyl sites for hydroxylation is 1. The molecule has 0 aliphatic carbocycles. The molecule has 0 radical (unpaired) electrons. The number of amides is 2. The molecule has 0 aliphatic rings. The van der Waals surface area contributed by atoms with Gasteiger partial charge in [0, 0.05) is 18.7 Å². The highest BCUT2D eigenvalue weighted by Gasteiger charge is 2.28. The molecule has 2 rings (SSSR count). The van der Waals surface area contributed by atoms with Crippen LogP contribution in [-0.4, -0.2) is 43.5 Å². The van der Waals surface area contributed by atoms with Gasteiger partial charge in [0.2, 0.25) is 5.91 Å². The summed E-state index contributed by atoms with van der Waals surface area (Å²) in [5.41, 5.74) is 2.48. The lowest BCUT2D eigenvalue weighted by atomic mass is 10.0. The van der Waals surface area contributed by atoms with Crippen LogP contribution in [0, 0.1) is 12.8 Å². The average Bonchev–Trinajstić information content (AvgIpc) is 2.74. The molecule has 0 aliphatic heterocycles. The van der Waals surface area contributed by atoms with Crippen LogP contribution in [0.5, 0.6) is 11.5 Å². The van der Waals surface area contributed by atoms with Crippen LogP contribution in [0.4, 0.5) is 0 Å². The molecule has 1 atom stereocenters. The molecule has 30 heavy (non-hydrogen) atoms. The van der Waals surface area contributed by atoms with Gasteiger partial charge in [-0.25, -0.2) is 0 Å². The first-order chi connectivity index (χ1) is 14.3. The molecule has 6 nitrogen and oxygen atoms in total. The lowest BCUT2D eigenvalue weighted by Crippen LogP contribution is -2.51. The number of nitrogens with zero attached hydrogens (tertiary/aromatic N) is 1. The number of hydrogen-bond donors (Lipinski definition) is 1. The molecule has 162 valence electrons. The smallest absolute Gasteiger partial charge is 0.251 e. The van der Waals surface area contributed by atoms with Crippen LogP contribution in [0.15, 0.2) is 42.5 Å². The predicted molar refractivity (Wildman–Crippen MR) is 118 cm³/mol. The zero-order valence-electron chi connectivity index (χ0n) is 18.7. The fraction of sp³-hybridized carbons (Fsp3) is 0.417. The summed E-state index contributed by atoms with van der Waals surface area (Å²) in [6, 6.07) is 12.3. The molecular weight excluding hydrogens is 380 g/mol. The van der Waals surface area contributed by atoms with Crippen LogP contribution in [0.2, 0.25) is 0 Å². The van der Waals surface area contributed by atoms with Gasteiger partial charge in [-0.2, -0.15) is 0 Å². The first-order valence-corrected chi connectivity index (χ1v) is 10.2. The summed E-state index contributed by atoms with van der Waals surface area (Å²) in [5.74, 6) is 0.856. The van der Waals surface area contributed by atoms with Crippen LogP contribution >= 0.6 is 0 Å². The molecule has 1 N–H and O–H groups in total. The Kier molecular flexibility index (Phi) is 8.27. The molecule has 0 bridgehead atoms. The van der Waals surface area contributed by atoms with E-state index in [1.165, 1.54) is 0 Å². The van der Waals surface area contributed by atoms with Gasteiger partial charge in [-0.3, -0.25) is 9.59 Å². The van der Waals surface area contributed by atoms with E-state index >= 15 is 0 Å². The maximum atomic E-state index is 13.3. The summed E-state index contributed by atoms with van der Waals surface area (Å²) in [6.07, 6.45) is 0. The van der Waals surface area contributed by atoms with E-state index in [2.05, 4.69) is 5.32 Å². The number of benzene rings is 2. The van der Waals surface area contributed by atoms with E-state index in [1.54, 1.807) is 25.2 Å². The van der Waals surface area contributed by atoms with Gasteiger partial charge in [-0.15, -0.1) is 0 Å². The Morgan fingerprint density at radius 1 is 1.03 bits per heavy atom. The van der Waals surface area contributed by atoms with Gasteiger partial charge in [0.15, 0.2) is 11.5 Å². The zero-order valence-corrected chi connectivity index (χ0v) is 18.7. The summed E-state index contributed by atoms with van der Waals surface area (Å²) in [7, 11) is 3.17. The molecule has 1 unspecified atom stereocenters. The van der Waals surface area contributed by atoms with E-state index in [0.717, 1.165) is 11.1 Å². The summed E-state index contributed by atoms with van der Waals surface area (Å²) in [6.45, 7) is 8.67. The Morgan fingerprint density at radius 3 is 2.30 bits per heavy atom. The van der Waals surface area contributed by atoms with Crippen LogP contribution in [0.25, 0.3) is 0 Å². The zero-order chi connectivity index (χ0) is 22.3. The van der Waals surface area contributed by atoms with Crippen molar-refractivity contribution in [3.63, 3.8) is 0 Å². The Labute approximate surface area is 179 Å². The standard InChI is InChI=1S/C24H32N2O4/c1-7-26(15-18-11-12-20(29-5)21(14-18)30-6)24(28)22(16(2)3)25-23(27)19-10-8-9-17(4)13-19/h8-14,16,22H,7,15H2,1-6H3,(H,25,27). The Balaban J connectivity index is 2.18. The summed E-state index contributed by atoms with van der Waals surface area (Å²) in [5, 5.41) is 2.93. The van der Waals surface area contributed by atoms with Crippen molar-refractivity contribution in [1.82, 2.24) is 10.2 Å². The lowest BCUT2D eigenvalue weighted by molar-refractivity contribution is -0.134. The maximum absolute atomic E-state index is 13.3. The van der Waals surface area contributed by atoms with Gasteiger partial charge in [0.25, 0.3) is 5.91 Å². The first kappa shape index (κ1) is 23.3. The highest BCUT2D eigenvalue weighted by atomic mass is 16.5. The quantitative estimate of drug-likeness (QED) is 0.680. The van der Waals surface area contributed by atoms with Gasteiger partial charge in [0.1, 0.15) is 6.04 Å². The Bertz CT molecular complexity index is 879. The fourth-order valence-electron chi connectivity index (χ4n) is 3.27. The van der Waals surface area contributed by atoms with Gasteiger partial charge < -0.3 is 19.7 Å². The highest BCUT2D eigenvalue weighted by molar-refractivity contribution is 5.97. The monoisotopic (exact) mass is 412 g/mol. The van der Waals surface area contributed by atoms with Crippen molar-refractivity contribution in [3.8, 4) is 11.5 Å². The number of carbonyl (C=O) groups is 2. The number of ether oxygens (including phenoxy) is 2. The Hall–Kier alpha value is -3.02. The molecule has 2 aromatic carbocycles. The maximum Gasteiger partial charge on any atom is 0.251 e. The lowest BCUT2D eigenvalue weighted by Gasteiger charge is -2.29. The SMILES string of the molecule is CCN(Cc1ccc(OC)c(OC)c1)C(=O)C(NC(=O)c1cccc(C)c1)C(C)C. The number of methoxy groups -OCH3 is 2. The third-order valence-electron chi connectivity index (χ3n) is 5.01. The normalized spacial score (nSPS) is 11.7. The molecule has 0 heterocycles. The molecule has 6 heteroatoms. The van der Waals surface area contributed by atoms with Crippen molar-refractivity contribution in [2.75, 3.05) is 20.8 Å². The first-order valence-electron chi connectivity index (χ1n) is 10.2. The van der Waals surface area contributed by atoms with Gasteiger partial charge in [-0.1, -0.05) is 37.6 Å². The molecule has 0 spiro atoms. The van der Waals surface area contributed by atoms with Gasteiger partial charge >= 0.3 is 0 Å². The number of carbonyl (C=O) groups excluding carboxylic acids is 2. The van der Waals surface area contributed by atoms with Crippen LogP contribution in [0.3, 0.4) is 0 Å². The number of nitrogens with one attached hydrogen (secondary N) is 1. The van der Waals surface area contributed by atoms with E-state index in [-0.39, 0.29) is 17.7 Å². The molecule has 2 aromatic rings. The predicted octanol–water partition coefficient (Wildman–Crippen LogP) is 3.82. The van der Waals surface area contributed by atoms with Crippen LogP contribution in [0.1, 0.15) is 42.3 Å². The molecular formula is C24H32N2O4. The minimum absolute atomic E-state index is 0.0503. The minimum Gasteiger partial charge on any atom is -0.493 e. The van der Waals surface area contributed by atoms with Crippen LogP contribution < -0.4 is 14.8 Å². The molecule has 0 fully saturated rings. The summed E-state index contributed by atoms with van der Waals surface area (Å²) in [4.78, 5) is 27.8. The summed E-state index contributed by atoms with van der Waals surface area (Å²) >= 11 is 0. The topological polar surface area (TPSA) is 67.9 Å². The second-order valence-electron chi connectivity index (χ2n) is 7.61. The van der Waals surface area contributed by atoms with E-state index in [4.69, 9.17) is 9.47 Å². The fourth-order valence-corrected chi connectivity index (χ4v) is 3.27. The van der Waals surface area contributed by atoms with Crippen LogP contribution in [-0.2, 0) is 11.3 Å².